The van der Waals surface area contributed by atoms with Crippen molar-refractivity contribution in [2.24, 2.45) is 7.05 Å². The Labute approximate surface area is 205 Å². The molecule has 3 aromatic rings. The number of aromatic nitrogens is 1. The molecule has 0 spiro atoms. The van der Waals surface area contributed by atoms with Crippen molar-refractivity contribution < 1.29 is 0 Å². The lowest BCUT2D eigenvalue weighted by Gasteiger charge is -2.43. The second-order valence-corrected chi connectivity index (χ2v) is 10.1. The van der Waals surface area contributed by atoms with Crippen molar-refractivity contribution in [2.45, 2.75) is 45.2 Å². The first-order chi connectivity index (χ1) is 16.5. The third-order valence-corrected chi connectivity index (χ3v) is 7.64. The van der Waals surface area contributed by atoms with Gasteiger partial charge in [-0.25, -0.2) is 0 Å². The Kier molecular flexibility index (Phi) is 6.47. The summed E-state index contributed by atoms with van der Waals surface area (Å²) in [4.78, 5) is 5.26. The third-order valence-electron chi connectivity index (χ3n) is 7.64. The molecule has 0 radical (unpaired) electrons. The topological polar surface area (TPSA) is 11.4 Å². The van der Waals surface area contributed by atoms with Crippen molar-refractivity contribution >= 4 is 11.8 Å². The predicted octanol–water partition coefficient (Wildman–Crippen LogP) is 6.53. The van der Waals surface area contributed by atoms with E-state index in [0.29, 0.717) is 6.04 Å². The lowest BCUT2D eigenvalue weighted by atomic mass is 9.90. The molecule has 1 atom stereocenters. The Bertz CT molecular complexity index is 1200. The first-order valence-electron chi connectivity index (χ1n) is 12.7. The molecule has 2 aliphatic heterocycles. The van der Waals surface area contributed by atoms with Gasteiger partial charge < -0.3 is 14.4 Å². The van der Waals surface area contributed by atoms with E-state index in [1.165, 1.54) is 65.9 Å². The van der Waals surface area contributed by atoms with Gasteiger partial charge in [-0.15, -0.1) is 0 Å². The standard InChI is InChI=1S/C31H37N3/c1-5-25-18-31(32(4)20-25)30-17-23(2)13-14-29(30)24(3)34-21-27-12-8-7-11-26(27)19-28(34)22-33-15-9-6-10-16-33/h5,7-8,11-14,17-18,20,28H,1,3,6,9-10,15-16,19,21-22H2,2,4H3. The summed E-state index contributed by atoms with van der Waals surface area (Å²) in [5, 5.41) is 0. The molecular formula is C31H37N3. The summed E-state index contributed by atoms with van der Waals surface area (Å²) in [7, 11) is 2.12. The van der Waals surface area contributed by atoms with Gasteiger partial charge in [0.25, 0.3) is 0 Å². The SMILES string of the molecule is C=Cc1cc(-c2cc(C)ccc2C(=C)N2Cc3ccccc3CC2CN2CCCCC2)n(C)c1. The number of piperidine rings is 1. The molecule has 2 aromatic carbocycles. The molecule has 2 aliphatic rings. The van der Waals surface area contributed by atoms with Crippen LogP contribution in [0.3, 0.4) is 0 Å². The molecule has 5 rings (SSSR count). The van der Waals surface area contributed by atoms with Gasteiger partial charge in [-0.1, -0.05) is 67.6 Å². The minimum absolute atomic E-state index is 0.437. The Morgan fingerprint density at radius 3 is 2.53 bits per heavy atom. The Balaban J connectivity index is 1.52. The molecule has 0 saturated carbocycles. The van der Waals surface area contributed by atoms with Crippen molar-refractivity contribution in [3.05, 3.63) is 95.7 Å². The number of likely N-dealkylation sites (tertiary alicyclic amines) is 1. The molecule has 176 valence electrons. The highest BCUT2D eigenvalue weighted by Gasteiger charge is 2.30. The van der Waals surface area contributed by atoms with Gasteiger partial charge in [0.1, 0.15) is 0 Å². The summed E-state index contributed by atoms with van der Waals surface area (Å²) in [6, 6.07) is 18.4. The number of benzene rings is 2. The minimum atomic E-state index is 0.437. The maximum absolute atomic E-state index is 4.72. The smallest absolute Gasteiger partial charge is 0.0490 e. The van der Waals surface area contributed by atoms with Gasteiger partial charge in [0, 0.05) is 54.9 Å². The van der Waals surface area contributed by atoms with Crippen LogP contribution in [0.2, 0.25) is 0 Å². The number of hydrogen-bond acceptors (Lipinski definition) is 2. The highest BCUT2D eigenvalue weighted by Crippen LogP contribution is 2.36. The van der Waals surface area contributed by atoms with Gasteiger partial charge >= 0.3 is 0 Å². The fourth-order valence-corrected chi connectivity index (χ4v) is 5.75. The summed E-state index contributed by atoms with van der Waals surface area (Å²) in [5.41, 5.74) is 10.2. The normalized spacial score (nSPS) is 18.5. The van der Waals surface area contributed by atoms with Crippen LogP contribution >= 0.6 is 0 Å². The largest absolute Gasteiger partial charge is 0.363 e. The molecular weight excluding hydrogens is 414 g/mol. The van der Waals surface area contributed by atoms with Crippen LogP contribution in [0.1, 0.15) is 47.1 Å². The molecule has 0 amide bonds. The van der Waals surface area contributed by atoms with E-state index in [1.54, 1.807) is 0 Å². The predicted molar refractivity (Wildman–Crippen MR) is 144 cm³/mol. The van der Waals surface area contributed by atoms with Crippen LogP contribution in [-0.4, -0.2) is 40.0 Å². The monoisotopic (exact) mass is 451 g/mol. The molecule has 1 aromatic heterocycles. The van der Waals surface area contributed by atoms with Crippen molar-refractivity contribution in [3.8, 4) is 11.3 Å². The minimum Gasteiger partial charge on any atom is -0.363 e. The van der Waals surface area contributed by atoms with E-state index < -0.39 is 0 Å². The third kappa shape index (κ3) is 4.50. The van der Waals surface area contributed by atoms with E-state index in [4.69, 9.17) is 6.58 Å². The van der Waals surface area contributed by atoms with Crippen molar-refractivity contribution in [3.63, 3.8) is 0 Å². The Morgan fingerprint density at radius 2 is 1.79 bits per heavy atom. The average Bonchev–Trinajstić information content (AvgIpc) is 3.24. The summed E-state index contributed by atoms with van der Waals surface area (Å²) in [5.74, 6) is 0. The first-order valence-corrected chi connectivity index (χ1v) is 12.7. The molecule has 3 heterocycles. The molecule has 1 fully saturated rings. The first kappa shape index (κ1) is 22.7. The lowest BCUT2D eigenvalue weighted by Crippen LogP contribution is -2.47. The van der Waals surface area contributed by atoms with E-state index >= 15 is 0 Å². The van der Waals surface area contributed by atoms with Gasteiger partial charge in [-0.2, -0.15) is 0 Å². The van der Waals surface area contributed by atoms with E-state index in [0.717, 1.165) is 30.8 Å². The molecule has 34 heavy (non-hydrogen) atoms. The van der Waals surface area contributed by atoms with Gasteiger partial charge in [0.05, 0.1) is 0 Å². The molecule has 1 unspecified atom stereocenters. The van der Waals surface area contributed by atoms with E-state index in [1.807, 2.05) is 6.08 Å². The molecule has 0 bridgehead atoms. The number of hydrogen-bond donors (Lipinski definition) is 0. The summed E-state index contributed by atoms with van der Waals surface area (Å²) in [6.07, 6.45) is 9.17. The molecule has 3 nitrogen and oxygen atoms in total. The molecule has 0 aliphatic carbocycles. The number of aryl methyl sites for hydroxylation is 2. The zero-order chi connectivity index (χ0) is 23.7. The zero-order valence-electron chi connectivity index (χ0n) is 20.8. The van der Waals surface area contributed by atoms with Gasteiger partial charge in [0.15, 0.2) is 0 Å². The van der Waals surface area contributed by atoms with E-state index in [-0.39, 0.29) is 0 Å². The average molecular weight is 452 g/mol. The number of nitrogens with zero attached hydrogens (tertiary/aromatic N) is 3. The van der Waals surface area contributed by atoms with Crippen LogP contribution < -0.4 is 0 Å². The summed E-state index contributed by atoms with van der Waals surface area (Å²) >= 11 is 0. The zero-order valence-corrected chi connectivity index (χ0v) is 20.8. The van der Waals surface area contributed by atoms with E-state index in [9.17, 15) is 0 Å². The highest BCUT2D eigenvalue weighted by atomic mass is 15.2. The summed E-state index contributed by atoms with van der Waals surface area (Å²) < 4.78 is 2.21. The second-order valence-electron chi connectivity index (χ2n) is 10.1. The van der Waals surface area contributed by atoms with Crippen LogP contribution in [0.25, 0.3) is 23.0 Å². The maximum atomic E-state index is 4.72. The number of fused-ring (bicyclic) bond motifs is 1. The number of rotatable bonds is 6. The van der Waals surface area contributed by atoms with Crippen LogP contribution in [0, 0.1) is 6.92 Å². The van der Waals surface area contributed by atoms with Gasteiger partial charge in [-0.3, -0.25) is 0 Å². The molecule has 0 N–H and O–H groups in total. The van der Waals surface area contributed by atoms with Gasteiger partial charge in [0.2, 0.25) is 0 Å². The van der Waals surface area contributed by atoms with Crippen molar-refractivity contribution in [2.75, 3.05) is 19.6 Å². The maximum Gasteiger partial charge on any atom is 0.0490 e. The molecule has 1 saturated heterocycles. The Hall–Kier alpha value is -3.04. The van der Waals surface area contributed by atoms with Crippen LogP contribution in [0.4, 0.5) is 0 Å². The van der Waals surface area contributed by atoms with Crippen molar-refractivity contribution in [1.29, 1.82) is 0 Å². The lowest BCUT2D eigenvalue weighted by molar-refractivity contribution is 0.152. The highest BCUT2D eigenvalue weighted by molar-refractivity contribution is 5.80. The molecule has 3 heteroatoms. The fourth-order valence-electron chi connectivity index (χ4n) is 5.75. The fraction of sp³-hybridized carbons (Fsp3) is 0.355. The van der Waals surface area contributed by atoms with Crippen molar-refractivity contribution in [1.82, 2.24) is 14.4 Å². The Morgan fingerprint density at radius 1 is 1.03 bits per heavy atom. The van der Waals surface area contributed by atoms with Crippen LogP contribution in [0.5, 0.6) is 0 Å². The van der Waals surface area contributed by atoms with Gasteiger partial charge in [-0.05, 0) is 68.1 Å². The second kappa shape index (κ2) is 9.68. The summed E-state index contributed by atoms with van der Waals surface area (Å²) in [6.45, 7) is 15.3. The van der Waals surface area contributed by atoms with Crippen LogP contribution in [-0.2, 0) is 20.0 Å². The van der Waals surface area contributed by atoms with Crippen LogP contribution in [0.15, 0.2) is 67.9 Å². The quantitative estimate of drug-likeness (QED) is 0.422. The van der Waals surface area contributed by atoms with E-state index in [2.05, 4.69) is 89.6 Å².